The van der Waals surface area contributed by atoms with Crippen LogP contribution in [0.1, 0.15) is 64.3 Å². The number of imidazole rings is 1. The van der Waals surface area contributed by atoms with Gasteiger partial charge in [-0.05, 0) is 88.8 Å². The molecule has 1 aliphatic heterocycles. The van der Waals surface area contributed by atoms with Crippen molar-refractivity contribution in [3.05, 3.63) is 65.5 Å². The van der Waals surface area contributed by atoms with Gasteiger partial charge in [0.25, 0.3) is 0 Å². The Bertz CT molecular complexity index is 1850. The maximum Gasteiger partial charge on any atom is 0.410 e. The minimum absolute atomic E-state index is 0.0485. The van der Waals surface area contributed by atoms with Crippen LogP contribution >= 0.6 is 0 Å². The highest BCUT2D eigenvalue weighted by Crippen LogP contribution is 2.36. The molecule has 230 valence electrons. The molecular formula is C33H36F2N6O3. The third-order valence-electron chi connectivity index (χ3n) is 7.89. The summed E-state index contributed by atoms with van der Waals surface area (Å²) in [6.45, 7) is 10.9. The minimum atomic E-state index is -0.742. The molecule has 2 aromatic carbocycles. The molecule has 1 amide bonds. The Morgan fingerprint density at radius 1 is 1.18 bits per heavy atom. The largest absolute Gasteiger partial charge is 0.444 e. The lowest BCUT2D eigenvalue weighted by atomic mass is 9.97. The topological polar surface area (TPSA) is 98.2 Å². The van der Waals surface area contributed by atoms with Gasteiger partial charge in [-0.15, -0.1) is 0 Å². The van der Waals surface area contributed by atoms with Crippen molar-refractivity contribution < 1.29 is 23.0 Å². The number of aromatic amines is 1. The quantitative estimate of drug-likeness (QED) is 0.214. The van der Waals surface area contributed by atoms with Crippen molar-refractivity contribution in [2.75, 3.05) is 13.2 Å². The van der Waals surface area contributed by atoms with Crippen LogP contribution in [0.3, 0.4) is 0 Å². The Morgan fingerprint density at radius 3 is 2.73 bits per heavy atom. The summed E-state index contributed by atoms with van der Waals surface area (Å²) in [4.78, 5) is 26.5. The zero-order valence-electron chi connectivity index (χ0n) is 25.6. The summed E-state index contributed by atoms with van der Waals surface area (Å²) in [6.07, 6.45) is 5.78. The number of fused-ring (bicyclic) bond motifs is 2. The molecular weight excluding hydrogens is 566 g/mol. The van der Waals surface area contributed by atoms with E-state index in [0.717, 1.165) is 58.5 Å². The van der Waals surface area contributed by atoms with E-state index in [1.165, 1.54) is 6.07 Å². The summed E-state index contributed by atoms with van der Waals surface area (Å²) < 4.78 is 42.1. The summed E-state index contributed by atoms with van der Waals surface area (Å²) in [5, 5.41) is 5.70. The Balaban J connectivity index is 1.43. The number of hydrogen-bond donors (Lipinski definition) is 1. The molecule has 0 radical (unpaired) electrons. The van der Waals surface area contributed by atoms with Gasteiger partial charge in [-0.3, -0.25) is 4.98 Å². The molecule has 5 aromatic rings. The monoisotopic (exact) mass is 602 g/mol. The second-order valence-electron chi connectivity index (χ2n) is 12.2. The second-order valence-corrected chi connectivity index (χ2v) is 12.2. The number of pyridine rings is 1. The molecule has 1 atom stereocenters. The van der Waals surface area contributed by atoms with E-state index < -0.39 is 17.2 Å². The zero-order chi connectivity index (χ0) is 31.2. The summed E-state index contributed by atoms with van der Waals surface area (Å²) in [5.74, 6) is -1.09. The van der Waals surface area contributed by atoms with Crippen molar-refractivity contribution in [1.29, 1.82) is 0 Å². The van der Waals surface area contributed by atoms with Gasteiger partial charge in [0.1, 0.15) is 22.6 Å². The van der Waals surface area contributed by atoms with E-state index in [1.807, 2.05) is 57.5 Å². The molecule has 1 fully saturated rings. The van der Waals surface area contributed by atoms with Gasteiger partial charge in [-0.25, -0.2) is 23.2 Å². The fraction of sp³-hybridized carbons (Fsp3) is 0.394. The van der Waals surface area contributed by atoms with Crippen molar-refractivity contribution in [2.24, 2.45) is 0 Å². The van der Waals surface area contributed by atoms with Gasteiger partial charge in [0, 0.05) is 42.6 Å². The Hall–Kier alpha value is -4.38. The normalized spacial score (nSPS) is 15.7. The van der Waals surface area contributed by atoms with Crippen molar-refractivity contribution >= 4 is 28.0 Å². The number of carbonyl (C=O) groups excluding carboxylic acids is 1. The van der Waals surface area contributed by atoms with Crippen molar-refractivity contribution in [1.82, 2.24) is 29.6 Å². The molecule has 0 bridgehead atoms. The molecule has 44 heavy (non-hydrogen) atoms. The molecule has 9 nitrogen and oxygen atoms in total. The molecule has 0 aliphatic carbocycles. The second kappa shape index (κ2) is 11.6. The number of nitrogens with one attached hydrogen (secondary N) is 1. The van der Waals surface area contributed by atoms with Gasteiger partial charge in [0.05, 0.1) is 17.6 Å². The minimum Gasteiger partial charge on any atom is -0.444 e. The summed E-state index contributed by atoms with van der Waals surface area (Å²) in [7, 11) is 0. The Kier molecular flexibility index (Phi) is 7.83. The van der Waals surface area contributed by atoms with E-state index in [0.29, 0.717) is 31.2 Å². The lowest BCUT2D eigenvalue weighted by molar-refractivity contribution is -0.0365. The number of rotatable bonds is 6. The number of H-pyrrole nitrogens is 1. The highest BCUT2D eigenvalue weighted by molar-refractivity contribution is 5.96. The van der Waals surface area contributed by atoms with Crippen LogP contribution < -0.4 is 0 Å². The Labute approximate surface area is 254 Å². The first-order valence-electron chi connectivity index (χ1n) is 14.9. The Morgan fingerprint density at radius 2 is 2.00 bits per heavy atom. The number of amides is 1. The zero-order valence-corrected chi connectivity index (χ0v) is 25.6. The first-order chi connectivity index (χ1) is 21.0. The number of benzene rings is 2. The maximum absolute atomic E-state index is 14.6. The van der Waals surface area contributed by atoms with Crippen LogP contribution in [0.5, 0.6) is 0 Å². The van der Waals surface area contributed by atoms with E-state index >= 15 is 0 Å². The van der Waals surface area contributed by atoms with E-state index in [1.54, 1.807) is 17.3 Å². The van der Waals surface area contributed by atoms with Crippen LogP contribution in [0.2, 0.25) is 0 Å². The smallest absolute Gasteiger partial charge is 0.410 e. The number of carbonyl (C=O) groups is 1. The molecule has 1 unspecified atom stereocenters. The van der Waals surface area contributed by atoms with Crippen molar-refractivity contribution in [3.63, 3.8) is 0 Å². The van der Waals surface area contributed by atoms with Crippen LogP contribution in [0, 0.1) is 18.6 Å². The van der Waals surface area contributed by atoms with E-state index in [2.05, 4.69) is 15.0 Å². The highest BCUT2D eigenvalue weighted by Gasteiger charge is 2.25. The van der Waals surface area contributed by atoms with Gasteiger partial charge in [-0.2, -0.15) is 5.10 Å². The predicted octanol–water partition coefficient (Wildman–Crippen LogP) is 7.68. The number of hydrogen-bond acceptors (Lipinski definition) is 6. The van der Waals surface area contributed by atoms with E-state index in [9.17, 15) is 13.6 Å². The standard InChI is InChI=1S/C33H36F2N6O3/c1-6-40(32(42)44-33(3,4)5)18-21-16-36-17-24(19(21)2)20-10-11-27-23(13-20)29(39-41(27)28-9-7-8-12-43-28)31-37-26-15-22(34)14-25(35)30(26)38-31/h10-11,13-17,28H,6-9,12,18H2,1-5H3,(H,37,38). The first-order valence-corrected chi connectivity index (χ1v) is 14.9. The molecule has 1 saturated heterocycles. The highest BCUT2D eigenvalue weighted by atomic mass is 19.1. The molecule has 6 rings (SSSR count). The first kappa shape index (κ1) is 29.7. The number of halogens is 2. The number of nitrogens with zero attached hydrogens (tertiary/aromatic N) is 5. The van der Waals surface area contributed by atoms with E-state index in [-0.39, 0.29) is 23.4 Å². The van der Waals surface area contributed by atoms with Crippen LogP contribution in [-0.4, -0.2) is 54.5 Å². The third-order valence-corrected chi connectivity index (χ3v) is 7.89. The average molecular weight is 603 g/mol. The molecule has 0 saturated carbocycles. The van der Waals surface area contributed by atoms with Gasteiger partial charge in [0.15, 0.2) is 17.9 Å². The van der Waals surface area contributed by atoms with Crippen LogP contribution in [0.25, 0.3) is 44.6 Å². The average Bonchev–Trinajstić information content (AvgIpc) is 3.58. The van der Waals surface area contributed by atoms with Gasteiger partial charge in [0.2, 0.25) is 0 Å². The van der Waals surface area contributed by atoms with Gasteiger partial charge in [-0.1, -0.05) is 6.07 Å². The maximum atomic E-state index is 14.6. The summed E-state index contributed by atoms with van der Waals surface area (Å²) in [5.41, 5.74) is 4.72. The SMILES string of the molecule is CCN(Cc1cncc(-c2ccc3c(c2)c(-c2nc4c(F)cc(F)cc4[nH]2)nn3C2CCCCO2)c1C)C(=O)OC(C)(C)C. The van der Waals surface area contributed by atoms with E-state index in [4.69, 9.17) is 14.6 Å². The van der Waals surface area contributed by atoms with Crippen molar-refractivity contribution in [2.45, 2.75) is 72.3 Å². The summed E-state index contributed by atoms with van der Waals surface area (Å²) >= 11 is 0. The molecule has 11 heteroatoms. The van der Waals surface area contributed by atoms with Crippen molar-refractivity contribution in [3.8, 4) is 22.6 Å². The van der Waals surface area contributed by atoms with Crippen LogP contribution in [-0.2, 0) is 16.0 Å². The molecule has 4 heterocycles. The van der Waals surface area contributed by atoms with Gasteiger partial charge < -0.3 is 19.4 Å². The van der Waals surface area contributed by atoms with Gasteiger partial charge >= 0.3 is 6.09 Å². The molecule has 0 spiro atoms. The fourth-order valence-corrected chi connectivity index (χ4v) is 5.63. The summed E-state index contributed by atoms with van der Waals surface area (Å²) in [6, 6.07) is 8.07. The number of ether oxygens (including phenoxy) is 2. The number of aromatic nitrogens is 5. The molecule has 3 aromatic heterocycles. The lowest BCUT2D eigenvalue weighted by Gasteiger charge is -2.27. The molecule has 1 aliphatic rings. The fourth-order valence-electron chi connectivity index (χ4n) is 5.63. The van der Waals surface area contributed by atoms with Crippen LogP contribution in [0.15, 0.2) is 42.7 Å². The lowest BCUT2D eigenvalue weighted by Crippen LogP contribution is -2.36. The molecule has 1 N–H and O–H groups in total. The predicted molar refractivity (Wildman–Crippen MR) is 164 cm³/mol. The third kappa shape index (κ3) is 5.76. The van der Waals surface area contributed by atoms with Crippen LogP contribution in [0.4, 0.5) is 13.6 Å².